The van der Waals surface area contributed by atoms with Crippen molar-refractivity contribution in [3.05, 3.63) is 71.8 Å². The number of Topliss-reactive ketones (excluding diaryl/α,β-unsaturated/α-hetero) is 3. The van der Waals surface area contributed by atoms with Crippen molar-refractivity contribution in [1.82, 2.24) is 25.1 Å². The van der Waals surface area contributed by atoms with Crippen molar-refractivity contribution >= 4 is 52.9 Å². The van der Waals surface area contributed by atoms with Gasteiger partial charge in [-0.3, -0.25) is 43.3 Å². The van der Waals surface area contributed by atoms with Gasteiger partial charge in [-0.1, -0.05) is 129 Å². The van der Waals surface area contributed by atoms with E-state index in [1.165, 1.54) is 0 Å². The Balaban J connectivity index is 1.42. The number of imide groups is 1. The average Bonchev–Trinajstić information content (AvgIpc) is 4.04. The number of carbonyl (C=O) groups excluding carboxylic acids is 9. The van der Waals surface area contributed by atoms with Gasteiger partial charge in [0, 0.05) is 90.6 Å². The number of hydroxylamine groups is 2. The highest BCUT2D eigenvalue weighted by molar-refractivity contribution is 6.02. The Labute approximate surface area is 476 Å². The molecule has 2 fully saturated rings. The topological polar surface area (TPSA) is 206 Å². The smallest absolute Gasteiger partial charge is 0.336 e. The summed E-state index contributed by atoms with van der Waals surface area (Å²) in [4.78, 5) is 133. The molecule has 0 spiro atoms. The number of hydrogen-bond donors (Lipinski definition) is 1. The summed E-state index contributed by atoms with van der Waals surface area (Å²) in [5.41, 5.74) is 1.90. The summed E-state index contributed by atoms with van der Waals surface area (Å²) in [6, 6.07) is 17.8. The summed E-state index contributed by atoms with van der Waals surface area (Å²) in [5.74, 6) is -6.09. The minimum absolute atomic E-state index is 0.000767. The molecule has 10 atom stereocenters. The van der Waals surface area contributed by atoms with Crippen LogP contribution in [0.5, 0.6) is 0 Å². The molecule has 2 aliphatic rings. The Kier molecular flexibility index (Phi) is 27.3. The number of methoxy groups -OCH3 is 2. The van der Waals surface area contributed by atoms with E-state index in [9.17, 15) is 43.2 Å². The second kappa shape index (κ2) is 32.7. The third-order valence-corrected chi connectivity index (χ3v) is 16.5. The number of rotatable bonds is 35. The zero-order valence-corrected chi connectivity index (χ0v) is 50.3. The van der Waals surface area contributed by atoms with E-state index < -0.39 is 71.8 Å². The molecule has 0 aliphatic carbocycles. The highest BCUT2D eigenvalue weighted by Gasteiger charge is 2.44. The highest BCUT2D eigenvalue weighted by Crippen LogP contribution is 2.33. The van der Waals surface area contributed by atoms with Crippen molar-refractivity contribution in [2.45, 2.75) is 183 Å². The van der Waals surface area contributed by atoms with Crippen LogP contribution in [0.2, 0.25) is 0 Å². The summed E-state index contributed by atoms with van der Waals surface area (Å²) in [7, 11) is 6.68. The van der Waals surface area contributed by atoms with E-state index in [0.29, 0.717) is 63.2 Å². The Hall–Kier alpha value is -5.65. The van der Waals surface area contributed by atoms with Crippen LogP contribution in [-0.2, 0) is 70.4 Å². The number of ether oxygens (including phenoxy) is 2. The van der Waals surface area contributed by atoms with Crippen molar-refractivity contribution in [3.8, 4) is 0 Å². The minimum Gasteiger partial charge on any atom is -0.379 e. The molecule has 0 bridgehead atoms. The Morgan fingerprint density at radius 2 is 1.35 bits per heavy atom. The molecule has 17 nitrogen and oxygen atoms in total. The standard InChI is InChI=1S/C63H95N5O12/c1-14-43(8)59(66(11)62(76)50(41(4)5)37-53(71)58(42(6)7)65(10)31-21-27-49(69)35-48(33-40(2)3)63(77)80-68-55(72)29-30-56(68)73)54(78-12)38-57(74)67-32-22-28-51(67)60(79-13)44(9)52(70)36-47(34-45-23-17-15-18-24-45)61(75)64-39-46-25-19-16-20-26-46/h15-20,23-26,40-44,47-48,50-51,54,58-60H,14,21-22,27-39H2,1-13H3,(H,64,75)/t43-,44-,47+,48-,50-,51-,54+,58-,59-,60+/m0/s1. The first-order chi connectivity index (χ1) is 37.9. The van der Waals surface area contributed by atoms with Crippen molar-refractivity contribution in [3.63, 3.8) is 0 Å². The van der Waals surface area contributed by atoms with E-state index in [4.69, 9.17) is 14.3 Å². The number of likely N-dealkylation sites (tertiary alicyclic amines) is 1. The van der Waals surface area contributed by atoms with Crippen LogP contribution in [-0.4, -0.2) is 144 Å². The van der Waals surface area contributed by atoms with E-state index in [0.717, 1.165) is 11.1 Å². The Morgan fingerprint density at radius 3 is 1.90 bits per heavy atom. The lowest BCUT2D eigenvalue weighted by molar-refractivity contribution is -0.201. The Morgan fingerprint density at radius 1 is 0.738 bits per heavy atom. The van der Waals surface area contributed by atoms with Crippen molar-refractivity contribution < 1.29 is 57.5 Å². The van der Waals surface area contributed by atoms with Crippen molar-refractivity contribution in [1.29, 1.82) is 0 Å². The monoisotopic (exact) mass is 1110 g/mol. The molecule has 5 amide bonds. The second-order valence-corrected chi connectivity index (χ2v) is 23.7. The Bertz CT molecular complexity index is 2350. The van der Waals surface area contributed by atoms with Gasteiger partial charge in [-0.25, -0.2) is 4.79 Å². The van der Waals surface area contributed by atoms with Crippen molar-refractivity contribution in [2.24, 2.45) is 47.3 Å². The molecule has 0 saturated carbocycles. The quantitative estimate of drug-likeness (QED) is 0.0647. The molecule has 2 aromatic carbocycles. The number of nitrogens with zero attached hydrogens (tertiary/aromatic N) is 4. The predicted octanol–water partition coefficient (Wildman–Crippen LogP) is 8.24. The second-order valence-electron chi connectivity index (χ2n) is 23.7. The van der Waals surface area contributed by atoms with Crippen LogP contribution in [0.4, 0.5) is 0 Å². The molecule has 2 aliphatic heterocycles. The number of likely N-dealkylation sites (N-methyl/N-ethyl adjacent to an activating group) is 2. The lowest BCUT2D eigenvalue weighted by Crippen LogP contribution is -2.54. The molecule has 0 unspecified atom stereocenters. The first-order valence-electron chi connectivity index (χ1n) is 29.3. The molecule has 0 aromatic heterocycles. The molecule has 444 valence electrons. The van der Waals surface area contributed by atoms with Crippen LogP contribution in [0.1, 0.15) is 150 Å². The van der Waals surface area contributed by atoms with Gasteiger partial charge >= 0.3 is 5.97 Å². The number of hydrogen-bond acceptors (Lipinski definition) is 13. The van der Waals surface area contributed by atoms with Gasteiger partial charge in [0.15, 0.2) is 5.78 Å². The molecular weight excluding hydrogens is 1020 g/mol. The third-order valence-electron chi connectivity index (χ3n) is 16.5. The van der Waals surface area contributed by atoms with Crippen LogP contribution < -0.4 is 5.32 Å². The van der Waals surface area contributed by atoms with Gasteiger partial charge in [0.2, 0.25) is 17.7 Å². The van der Waals surface area contributed by atoms with E-state index in [-0.39, 0.29) is 104 Å². The molecule has 80 heavy (non-hydrogen) atoms. The van der Waals surface area contributed by atoms with E-state index in [1.807, 2.05) is 135 Å². The lowest BCUT2D eigenvalue weighted by Gasteiger charge is -2.41. The van der Waals surface area contributed by atoms with Crippen LogP contribution >= 0.6 is 0 Å². The minimum atomic E-state index is -0.822. The maximum absolute atomic E-state index is 14.9. The number of amides is 5. The number of ketones is 3. The summed E-state index contributed by atoms with van der Waals surface area (Å²) in [6.07, 6.45) is 1.75. The maximum Gasteiger partial charge on any atom is 0.336 e. The SMILES string of the molecule is CC[C@H](C)[C@@H]([C@@H](CC(=O)N1CCC[C@H]1[C@H](OC)[C@@H](C)C(=O)C[C@@H](Cc1ccccc1)C(=O)NCc1ccccc1)OC)N(C)C(=O)[C@@H](CC(=O)[C@H](C(C)C)N(C)CCCC(=O)C[C@H](CC(C)C)C(=O)ON1C(=O)CCC1=O)C(C)C. The zero-order chi connectivity index (χ0) is 59.4. The van der Waals surface area contributed by atoms with Gasteiger partial charge in [0.05, 0.1) is 42.7 Å². The van der Waals surface area contributed by atoms with Gasteiger partial charge in [-0.05, 0) is 80.5 Å². The van der Waals surface area contributed by atoms with E-state index in [1.54, 1.807) is 31.1 Å². The first kappa shape index (κ1) is 66.9. The number of benzene rings is 2. The van der Waals surface area contributed by atoms with Crippen LogP contribution in [0, 0.1) is 47.3 Å². The molecular formula is C63H95N5O12. The highest BCUT2D eigenvalue weighted by atomic mass is 16.7. The fraction of sp³-hybridized carbons (Fsp3) is 0.667. The molecule has 1 N–H and O–H groups in total. The summed E-state index contributed by atoms with van der Waals surface area (Å²) >= 11 is 0. The van der Waals surface area contributed by atoms with Crippen LogP contribution in [0.15, 0.2) is 60.7 Å². The summed E-state index contributed by atoms with van der Waals surface area (Å²) < 4.78 is 12.3. The largest absolute Gasteiger partial charge is 0.379 e. The maximum atomic E-state index is 14.9. The van der Waals surface area contributed by atoms with Crippen LogP contribution in [0.25, 0.3) is 0 Å². The molecule has 2 heterocycles. The third kappa shape index (κ3) is 19.2. The van der Waals surface area contributed by atoms with Gasteiger partial charge in [0.1, 0.15) is 11.6 Å². The summed E-state index contributed by atoms with van der Waals surface area (Å²) in [5, 5.41) is 3.55. The average molecular weight is 1110 g/mol. The van der Waals surface area contributed by atoms with Crippen LogP contribution in [0.3, 0.4) is 0 Å². The fourth-order valence-electron chi connectivity index (χ4n) is 11.9. The van der Waals surface area contributed by atoms with Crippen molar-refractivity contribution in [2.75, 3.05) is 41.4 Å². The molecule has 17 heteroatoms. The molecule has 2 aromatic rings. The lowest BCUT2D eigenvalue weighted by atomic mass is 9.83. The molecule has 0 radical (unpaired) electrons. The molecule has 4 rings (SSSR count). The summed E-state index contributed by atoms with van der Waals surface area (Å²) in [6.45, 7) is 18.7. The van der Waals surface area contributed by atoms with E-state index in [2.05, 4.69) is 5.32 Å². The zero-order valence-electron chi connectivity index (χ0n) is 50.3. The molecule has 2 saturated heterocycles. The fourth-order valence-corrected chi connectivity index (χ4v) is 11.9. The van der Waals surface area contributed by atoms with Gasteiger partial charge in [0.25, 0.3) is 11.8 Å². The number of carbonyl (C=O) groups is 9. The van der Waals surface area contributed by atoms with Gasteiger partial charge < -0.3 is 29.4 Å². The normalized spacial score (nSPS) is 18.2. The van der Waals surface area contributed by atoms with E-state index >= 15 is 0 Å². The van der Waals surface area contributed by atoms with Gasteiger partial charge in [-0.2, -0.15) is 0 Å². The van der Waals surface area contributed by atoms with Gasteiger partial charge in [-0.15, -0.1) is 5.06 Å². The predicted molar refractivity (Wildman–Crippen MR) is 306 cm³/mol. The number of nitrogens with one attached hydrogen (secondary N) is 1. The first-order valence-corrected chi connectivity index (χ1v) is 29.3.